The first-order chi connectivity index (χ1) is 9.04. The van der Waals surface area contributed by atoms with Crippen molar-refractivity contribution in [3.05, 3.63) is 29.6 Å². The zero-order valence-corrected chi connectivity index (χ0v) is 11.1. The molecule has 2 rings (SSSR count). The fourth-order valence-electron chi connectivity index (χ4n) is 2.23. The van der Waals surface area contributed by atoms with Crippen molar-refractivity contribution in [2.75, 3.05) is 0 Å². The number of aryl methyl sites for hydroxylation is 2. The smallest absolute Gasteiger partial charge is 0.337 e. The number of carboxylic acid groups (broad SMARTS) is 1. The third-order valence-electron chi connectivity index (χ3n) is 3.35. The van der Waals surface area contributed by atoms with E-state index in [-0.39, 0.29) is 11.7 Å². The molecule has 0 aliphatic heterocycles. The maximum Gasteiger partial charge on any atom is 0.337 e. The minimum Gasteiger partial charge on any atom is -0.478 e. The molecular weight excluding hydrogens is 244 g/mol. The molecule has 1 heterocycles. The molecule has 0 saturated carbocycles. The number of nitrogens with zero attached hydrogens (tertiary/aromatic N) is 2. The Bertz CT molecular complexity index is 604. The number of rotatable bonds is 5. The largest absolute Gasteiger partial charge is 0.478 e. The number of para-hydroxylation sites is 1. The SMILES string of the molecule is CCC(O)CCn1c(C)nc2cccc(C(=O)O)c21. The summed E-state index contributed by atoms with van der Waals surface area (Å²) in [4.78, 5) is 15.7. The number of aromatic carboxylic acids is 1. The van der Waals surface area contributed by atoms with Gasteiger partial charge in [-0.05, 0) is 31.9 Å². The predicted molar refractivity (Wildman–Crippen MR) is 72.3 cm³/mol. The molecule has 0 spiro atoms. The summed E-state index contributed by atoms with van der Waals surface area (Å²) in [5.74, 6) is -0.185. The average molecular weight is 262 g/mol. The van der Waals surface area contributed by atoms with Crippen LogP contribution < -0.4 is 0 Å². The van der Waals surface area contributed by atoms with E-state index < -0.39 is 5.97 Å². The van der Waals surface area contributed by atoms with Gasteiger partial charge in [-0.1, -0.05) is 13.0 Å². The standard InChI is InChI=1S/C14H18N2O3/c1-3-10(17)7-8-16-9(2)15-12-6-4-5-11(13(12)16)14(18)19/h4-6,10,17H,3,7-8H2,1-2H3,(H,18,19). The first-order valence-electron chi connectivity index (χ1n) is 6.41. The molecule has 0 fully saturated rings. The number of hydrogen-bond donors (Lipinski definition) is 2. The number of aliphatic hydroxyl groups excluding tert-OH is 1. The second-order valence-corrected chi connectivity index (χ2v) is 4.64. The van der Waals surface area contributed by atoms with Crippen LogP contribution in [0.2, 0.25) is 0 Å². The lowest BCUT2D eigenvalue weighted by Gasteiger charge is -2.11. The number of imidazole rings is 1. The Labute approximate surface area is 111 Å². The van der Waals surface area contributed by atoms with Crippen LogP contribution in [0.15, 0.2) is 18.2 Å². The lowest BCUT2D eigenvalue weighted by Crippen LogP contribution is -2.12. The van der Waals surface area contributed by atoms with Gasteiger partial charge in [0.25, 0.3) is 0 Å². The first-order valence-corrected chi connectivity index (χ1v) is 6.41. The van der Waals surface area contributed by atoms with Crippen molar-refractivity contribution in [3.63, 3.8) is 0 Å². The Balaban J connectivity index is 2.47. The van der Waals surface area contributed by atoms with Gasteiger partial charge in [-0.3, -0.25) is 0 Å². The number of fused-ring (bicyclic) bond motifs is 1. The molecule has 2 N–H and O–H groups in total. The fraction of sp³-hybridized carbons (Fsp3) is 0.429. The number of carbonyl (C=O) groups is 1. The maximum absolute atomic E-state index is 11.3. The quantitative estimate of drug-likeness (QED) is 0.866. The second-order valence-electron chi connectivity index (χ2n) is 4.64. The van der Waals surface area contributed by atoms with Gasteiger partial charge in [0.05, 0.1) is 22.7 Å². The van der Waals surface area contributed by atoms with Crippen molar-refractivity contribution in [1.82, 2.24) is 9.55 Å². The van der Waals surface area contributed by atoms with E-state index in [1.807, 2.05) is 24.5 Å². The number of aliphatic hydroxyl groups is 1. The molecule has 0 aliphatic rings. The Morgan fingerprint density at radius 1 is 1.47 bits per heavy atom. The monoisotopic (exact) mass is 262 g/mol. The summed E-state index contributed by atoms with van der Waals surface area (Å²) >= 11 is 0. The average Bonchev–Trinajstić information content (AvgIpc) is 2.71. The summed E-state index contributed by atoms with van der Waals surface area (Å²) in [5, 5.41) is 18.9. The van der Waals surface area contributed by atoms with Crippen molar-refractivity contribution in [2.24, 2.45) is 0 Å². The van der Waals surface area contributed by atoms with Gasteiger partial charge in [-0.2, -0.15) is 0 Å². The molecule has 5 nitrogen and oxygen atoms in total. The topological polar surface area (TPSA) is 75.3 Å². The normalized spacial score (nSPS) is 12.8. The van der Waals surface area contributed by atoms with E-state index in [0.29, 0.717) is 30.4 Å². The van der Waals surface area contributed by atoms with Crippen molar-refractivity contribution in [3.8, 4) is 0 Å². The highest BCUT2D eigenvalue weighted by Crippen LogP contribution is 2.21. The van der Waals surface area contributed by atoms with E-state index >= 15 is 0 Å². The summed E-state index contributed by atoms with van der Waals surface area (Å²) in [7, 11) is 0. The molecule has 0 amide bonds. The minimum atomic E-state index is -0.956. The molecule has 0 aliphatic carbocycles. The Morgan fingerprint density at radius 3 is 2.84 bits per heavy atom. The summed E-state index contributed by atoms with van der Waals surface area (Å²) in [5.41, 5.74) is 1.57. The number of hydrogen-bond acceptors (Lipinski definition) is 3. The van der Waals surface area contributed by atoms with Crippen molar-refractivity contribution in [2.45, 2.75) is 39.3 Å². The summed E-state index contributed by atoms with van der Waals surface area (Å²) in [6.45, 7) is 4.35. The number of benzene rings is 1. The predicted octanol–water partition coefficient (Wildman–Crippen LogP) is 2.20. The molecule has 0 radical (unpaired) electrons. The van der Waals surface area contributed by atoms with Gasteiger partial charge >= 0.3 is 5.97 Å². The summed E-state index contributed by atoms with van der Waals surface area (Å²) in [6.07, 6.45) is 0.919. The molecule has 0 bridgehead atoms. The molecule has 1 unspecified atom stereocenters. The van der Waals surface area contributed by atoms with Crippen molar-refractivity contribution in [1.29, 1.82) is 0 Å². The molecular formula is C14H18N2O3. The molecule has 19 heavy (non-hydrogen) atoms. The minimum absolute atomic E-state index is 0.254. The van der Waals surface area contributed by atoms with Gasteiger partial charge in [0, 0.05) is 6.54 Å². The van der Waals surface area contributed by atoms with Gasteiger partial charge in [-0.15, -0.1) is 0 Å². The Morgan fingerprint density at radius 2 is 2.21 bits per heavy atom. The van der Waals surface area contributed by atoms with E-state index in [0.717, 1.165) is 5.82 Å². The zero-order valence-electron chi connectivity index (χ0n) is 11.1. The molecule has 1 aromatic heterocycles. The van der Waals surface area contributed by atoms with Crippen LogP contribution in [-0.2, 0) is 6.54 Å². The van der Waals surface area contributed by atoms with Crippen LogP contribution in [0, 0.1) is 6.92 Å². The van der Waals surface area contributed by atoms with Crippen LogP contribution in [0.4, 0.5) is 0 Å². The zero-order chi connectivity index (χ0) is 14.0. The highest BCUT2D eigenvalue weighted by Gasteiger charge is 2.16. The molecule has 1 atom stereocenters. The van der Waals surface area contributed by atoms with Crippen LogP contribution in [0.3, 0.4) is 0 Å². The Hall–Kier alpha value is -1.88. The first kappa shape index (κ1) is 13.5. The van der Waals surface area contributed by atoms with Gasteiger partial charge in [0.2, 0.25) is 0 Å². The van der Waals surface area contributed by atoms with E-state index in [1.54, 1.807) is 12.1 Å². The van der Waals surface area contributed by atoms with E-state index in [1.165, 1.54) is 0 Å². The Kier molecular flexibility index (Phi) is 3.85. The highest BCUT2D eigenvalue weighted by atomic mass is 16.4. The van der Waals surface area contributed by atoms with Crippen LogP contribution in [0.5, 0.6) is 0 Å². The van der Waals surface area contributed by atoms with Gasteiger partial charge in [-0.25, -0.2) is 9.78 Å². The van der Waals surface area contributed by atoms with Crippen molar-refractivity contribution >= 4 is 17.0 Å². The lowest BCUT2D eigenvalue weighted by molar-refractivity contribution is 0.0698. The van der Waals surface area contributed by atoms with E-state index in [9.17, 15) is 15.0 Å². The van der Waals surface area contributed by atoms with Crippen LogP contribution in [0.1, 0.15) is 35.9 Å². The summed E-state index contributed by atoms with van der Waals surface area (Å²) in [6, 6.07) is 5.09. The third-order valence-corrected chi connectivity index (χ3v) is 3.35. The van der Waals surface area contributed by atoms with Crippen LogP contribution >= 0.6 is 0 Å². The van der Waals surface area contributed by atoms with E-state index in [2.05, 4.69) is 4.98 Å². The van der Waals surface area contributed by atoms with Crippen molar-refractivity contribution < 1.29 is 15.0 Å². The molecule has 102 valence electrons. The summed E-state index contributed by atoms with van der Waals surface area (Å²) < 4.78 is 1.87. The van der Waals surface area contributed by atoms with Gasteiger partial charge in [0.15, 0.2) is 0 Å². The van der Waals surface area contributed by atoms with E-state index in [4.69, 9.17) is 0 Å². The maximum atomic E-state index is 11.3. The van der Waals surface area contributed by atoms with Gasteiger partial charge in [0.1, 0.15) is 5.82 Å². The van der Waals surface area contributed by atoms with Crippen LogP contribution in [0.25, 0.3) is 11.0 Å². The third kappa shape index (κ3) is 2.61. The fourth-order valence-corrected chi connectivity index (χ4v) is 2.23. The van der Waals surface area contributed by atoms with Crippen LogP contribution in [-0.4, -0.2) is 31.8 Å². The second kappa shape index (κ2) is 5.40. The number of carboxylic acids is 1. The number of aromatic nitrogens is 2. The molecule has 2 aromatic rings. The molecule has 5 heteroatoms. The molecule has 0 saturated heterocycles. The lowest BCUT2D eigenvalue weighted by atomic mass is 10.1. The molecule has 1 aromatic carbocycles. The van der Waals surface area contributed by atoms with Gasteiger partial charge < -0.3 is 14.8 Å². The highest BCUT2D eigenvalue weighted by molar-refractivity contribution is 6.01.